The Labute approximate surface area is 151 Å². The van der Waals surface area contributed by atoms with E-state index < -0.39 is 0 Å². The molecule has 1 aliphatic carbocycles. The Morgan fingerprint density at radius 1 is 0.880 bits per heavy atom. The van der Waals surface area contributed by atoms with Crippen LogP contribution in [0.2, 0.25) is 0 Å². The van der Waals surface area contributed by atoms with E-state index in [4.69, 9.17) is 4.74 Å². The van der Waals surface area contributed by atoms with E-state index in [2.05, 4.69) is 91.2 Å². The van der Waals surface area contributed by atoms with E-state index in [-0.39, 0.29) is 6.23 Å². The molecule has 2 heteroatoms. The van der Waals surface area contributed by atoms with Crippen molar-refractivity contribution < 1.29 is 4.74 Å². The van der Waals surface area contributed by atoms with Crippen LogP contribution in [0.1, 0.15) is 23.6 Å². The normalized spacial score (nSPS) is 24.8. The maximum atomic E-state index is 6.23. The molecule has 0 spiro atoms. The zero-order valence-corrected chi connectivity index (χ0v) is 14.4. The average molecular weight is 330 g/mol. The largest absolute Gasteiger partial charge is 0.361 e. The Kier molecular flexibility index (Phi) is 5.49. The molecule has 2 aromatic carbocycles. The molecule has 2 fully saturated rings. The summed E-state index contributed by atoms with van der Waals surface area (Å²) in [4.78, 5) is 2.52. The molecular formula is C23H24NO. The summed E-state index contributed by atoms with van der Waals surface area (Å²) in [5.74, 6) is 1.36. The number of rotatable bonds is 6. The summed E-state index contributed by atoms with van der Waals surface area (Å²) in [6.45, 7) is 1.70. The molecule has 0 aromatic heterocycles. The first kappa shape index (κ1) is 16.8. The summed E-state index contributed by atoms with van der Waals surface area (Å²) in [7, 11) is 0. The second-order valence-corrected chi connectivity index (χ2v) is 6.70. The standard InChI is InChI=1S/C23H24NO/c1-3-9-19(10-4-1)15-16-23-24(17-20-11-7-8-12-20)22(18-25-23)21-13-5-2-6-14-21/h1-14,22-23H,15-18H2/t22-,23+/m0/s1. The number of nitrogens with zero attached hydrogens (tertiary/aromatic N) is 1. The zero-order valence-electron chi connectivity index (χ0n) is 14.4. The Morgan fingerprint density at radius 3 is 2.28 bits per heavy atom. The van der Waals surface area contributed by atoms with E-state index >= 15 is 0 Å². The van der Waals surface area contributed by atoms with Gasteiger partial charge in [0.15, 0.2) is 0 Å². The Bertz CT molecular complexity index is 636. The van der Waals surface area contributed by atoms with Gasteiger partial charge in [0, 0.05) is 6.54 Å². The first-order valence-electron chi connectivity index (χ1n) is 9.07. The Morgan fingerprint density at radius 2 is 1.56 bits per heavy atom. The van der Waals surface area contributed by atoms with Crippen molar-refractivity contribution in [3.8, 4) is 0 Å². The zero-order chi connectivity index (χ0) is 16.9. The first-order chi connectivity index (χ1) is 12.4. The van der Waals surface area contributed by atoms with Crippen LogP contribution in [0.5, 0.6) is 0 Å². The van der Waals surface area contributed by atoms with Gasteiger partial charge in [-0.1, -0.05) is 60.7 Å². The quantitative estimate of drug-likeness (QED) is 0.777. The predicted octanol–water partition coefficient (Wildman–Crippen LogP) is 4.42. The van der Waals surface area contributed by atoms with Crippen LogP contribution in [0.15, 0.2) is 60.7 Å². The summed E-state index contributed by atoms with van der Waals surface area (Å²) in [6.07, 6.45) is 10.9. The fourth-order valence-electron chi connectivity index (χ4n) is 3.68. The van der Waals surface area contributed by atoms with Crippen LogP contribution in [-0.2, 0) is 11.2 Å². The van der Waals surface area contributed by atoms with Gasteiger partial charge < -0.3 is 4.74 Å². The molecule has 127 valence electrons. The van der Waals surface area contributed by atoms with E-state index in [1.54, 1.807) is 0 Å². The maximum absolute atomic E-state index is 6.23. The monoisotopic (exact) mass is 330 g/mol. The fourth-order valence-corrected chi connectivity index (χ4v) is 3.68. The second kappa shape index (κ2) is 8.16. The predicted molar refractivity (Wildman–Crippen MR) is 101 cm³/mol. The highest BCUT2D eigenvalue weighted by molar-refractivity contribution is 5.36. The number of ether oxygens (including phenoxy) is 1. The van der Waals surface area contributed by atoms with Gasteiger partial charge in [-0.2, -0.15) is 0 Å². The SMILES string of the molecule is [CH]1[CH][CH][C](CN2[C@@H](CCc3ccccc3)OC[C@H]2c2ccccc2)[CH]1. The first-order valence-corrected chi connectivity index (χ1v) is 9.07. The topological polar surface area (TPSA) is 12.5 Å². The van der Waals surface area contributed by atoms with Gasteiger partial charge in [-0.3, -0.25) is 4.90 Å². The molecule has 1 aliphatic heterocycles. The molecule has 0 N–H and O–H groups in total. The van der Waals surface area contributed by atoms with Crippen LogP contribution < -0.4 is 0 Å². The lowest BCUT2D eigenvalue weighted by atomic mass is 10.0. The van der Waals surface area contributed by atoms with Crippen molar-refractivity contribution in [3.63, 3.8) is 0 Å². The minimum absolute atomic E-state index is 0.167. The van der Waals surface area contributed by atoms with Crippen molar-refractivity contribution in [2.75, 3.05) is 13.2 Å². The van der Waals surface area contributed by atoms with Crippen molar-refractivity contribution in [3.05, 3.63) is 103 Å². The third kappa shape index (κ3) is 4.13. The van der Waals surface area contributed by atoms with Gasteiger partial charge in [0.1, 0.15) is 6.23 Å². The number of benzene rings is 2. The summed E-state index contributed by atoms with van der Waals surface area (Å²) in [5.41, 5.74) is 2.72. The van der Waals surface area contributed by atoms with Gasteiger partial charge in [-0.25, -0.2) is 0 Å². The Balaban J connectivity index is 1.46. The fraction of sp³-hybridized carbons (Fsp3) is 0.261. The highest BCUT2D eigenvalue weighted by Gasteiger charge is 2.36. The number of aryl methyl sites for hydroxylation is 1. The van der Waals surface area contributed by atoms with E-state index in [9.17, 15) is 0 Å². The third-order valence-corrected chi connectivity index (χ3v) is 5.02. The molecular weight excluding hydrogens is 306 g/mol. The molecule has 1 saturated heterocycles. The lowest BCUT2D eigenvalue weighted by Crippen LogP contribution is -2.36. The lowest BCUT2D eigenvalue weighted by Gasteiger charge is -2.30. The van der Waals surface area contributed by atoms with Crippen LogP contribution in [0.25, 0.3) is 0 Å². The molecule has 1 heterocycles. The minimum Gasteiger partial charge on any atom is -0.361 e. The van der Waals surface area contributed by atoms with Crippen LogP contribution >= 0.6 is 0 Å². The summed E-state index contributed by atoms with van der Waals surface area (Å²) >= 11 is 0. The van der Waals surface area contributed by atoms with Gasteiger partial charge in [-0.15, -0.1) is 0 Å². The second-order valence-electron chi connectivity index (χ2n) is 6.70. The van der Waals surface area contributed by atoms with E-state index in [0.717, 1.165) is 26.0 Å². The molecule has 2 atom stereocenters. The summed E-state index contributed by atoms with van der Waals surface area (Å²) in [6, 6.07) is 21.8. The molecule has 0 unspecified atom stereocenters. The molecule has 5 radical (unpaired) electrons. The van der Waals surface area contributed by atoms with Crippen molar-refractivity contribution in [1.29, 1.82) is 0 Å². The summed E-state index contributed by atoms with van der Waals surface area (Å²) in [5, 5.41) is 0. The molecule has 1 saturated carbocycles. The van der Waals surface area contributed by atoms with E-state index in [1.165, 1.54) is 17.0 Å². The van der Waals surface area contributed by atoms with Crippen LogP contribution in [-0.4, -0.2) is 24.3 Å². The molecule has 2 aromatic rings. The third-order valence-electron chi connectivity index (χ3n) is 5.02. The minimum atomic E-state index is 0.167. The van der Waals surface area contributed by atoms with Crippen molar-refractivity contribution in [2.24, 2.45) is 0 Å². The molecule has 2 nitrogen and oxygen atoms in total. The van der Waals surface area contributed by atoms with Crippen LogP contribution in [0, 0.1) is 31.6 Å². The highest BCUT2D eigenvalue weighted by atomic mass is 16.5. The molecule has 0 amide bonds. The number of hydrogen-bond acceptors (Lipinski definition) is 2. The molecule has 0 bridgehead atoms. The van der Waals surface area contributed by atoms with Gasteiger partial charge >= 0.3 is 0 Å². The van der Waals surface area contributed by atoms with E-state index in [0.29, 0.717) is 6.04 Å². The molecule has 2 aliphatic rings. The number of hydrogen-bond donors (Lipinski definition) is 0. The van der Waals surface area contributed by atoms with Crippen molar-refractivity contribution >= 4 is 0 Å². The van der Waals surface area contributed by atoms with Gasteiger partial charge in [0.2, 0.25) is 0 Å². The van der Waals surface area contributed by atoms with Gasteiger partial charge in [-0.05, 0) is 55.6 Å². The van der Waals surface area contributed by atoms with Crippen molar-refractivity contribution in [2.45, 2.75) is 25.1 Å². The highest BCUT2D eigenvalue weighted by Crippen LogP contribution is 2.35. The molecule has 25 heavy (non-hydrogen) atoms. The smallest absolute Gasteiger partial charge is 0.111 e. The molecule has 4 rings (SSSR count). The van der Waals surface area contributed by atoms with Crippen molar-refractivity contribution in [1.82, 2.24) is 4.90 Å². The van der Waals surface area contributed by atoms with E-state index in [1.807, 2.05) is 0 Å². The van der Waals surface area contributed by atoms with Crippen LogP contribution in [0.4, 0.5) is 0 Å². The lowest BCUT2D eigenvalue weighted by molar-refractivity contribution is 0.0272. The maximum Gasteiger partial charge on any atom is 0.111 e. The summed E-state index contributed by atoms with van der Waals surface area (Å²) < 4.78 is 6.23. The van der Waals surface area contributed by atoms with Crippen LogP contribution in [0.3, 0.4) is 0 Å². The average Bonchev–Trinajstić information content (AvgIpc) is 3.32. The van der Waals surface area contributed by atoms with Gasteiger partial charge in [0.05, 0.1) is 12.6 Å². The van der Waals surface area contributed by atoms with Gasteiger partial charge in [0.25, 0.3) is 0 Å². The Hall–Kier alpha value is -1.64.